The SMILES string of the molecule is CCc1ccc(NC(=S)NC2C[C@H]3CCC[C@@H](C2)[NH+]3C2CC2)cc1. The first-order valence-electron chi connectivity index (χ1n) is 9.76. The van der Waals surface area contributed by atoms with Crippen molar-refractivity contribution in [2.45, 2.75) is 82.5 Å². The Bertz CT molecular complexity index is 567. The number of hydrogen-bond acceptors (Lipinski definition) is 1. The minimum Gasteiger partial charge on any atom is -0.359 e. The lowest BCUT2D eigenvalue weighted by Gasteiger charge is -2.46. The summed E-state index contributed by atoms with van der Waals surface area (Å²) in [4.78, 5) is 1.95. The van der Waals surface area contributed by atoms with Crippen LogP contribution in [0.4, 0.5) is 5.69 Å². The molecule has 3 N–H and O–H groups in total. The van der Waals surface area contributed by atoms with Crippen molar-refractivity contribution in [3.05, 3.63) is 29.8 Å². The number of hydrogen-bond donors (Lipinski definition) is 3. The second-order valence-corrected chi connectivity index (χ2v) is 8.32. The van der Waals surface area contributed by atoms with Crippen molar-refractivity contribution < 1.29 is 4.90 Å². The topological polar surface area (TPSA) is 28.5 Å². The molecule has 3 fully saturated rings. The summed E-state index contributed by atoms with van der Waals surface area (Å²) in [7, 11) is 0. The molecule has 1 aromatic carbocycles. The third kappa shape index (κ3) is 3.60. The predicted molar refractivity (Wildman–Crippen MR) is 104 cm³/mol. The second kappa shape index (κ2) is 7.01. The van der Waals surface area contributed by atoms with Crippen molar-refractivity contribution in [2.24, 2.45) is 0 Å². The van der Waals surface area contributed by atoms with Crippen molar-refractivity contribution >= 4 is 23.0 Å². The summed E-state index contributed by atoms with van der Waals surface area (Å²) in [6.45, 7) is 2.18. The molecule has 1 aliphatic carbocycles. The van der Waals surface area contributed by atoms with Gasteiger partial charge in [0.2, 0.25) is 0 Å². The minimum absolute atomic E-state index is 0.553. The van der Waals surface area contributed by atoms with Crippen molar-refractivity contribution in [1.82, 2.24) is 5.32 Å². The number of thiocarbonyl (C=S) groups is 1. The number of anilines is 1. The normalized spacial score (nSPS) is 32.2. The summed E-state index contributed by atoms with van der Waals surface area (Å²) in [5.74, 6) is 0. The zero-order chi connectivity index (χ0) is 16.5. The molecule has 24 heavy (non-hydrogen) atoms. The van der Waals surface area contributed by atoms with Crippen LogP contribution in [-0.4, -0.2) is 29.3 Å². The Morgan fingerprint density at radius 1 is 1.04 bits per heavy atom. The molecular weight excluding hydrogens is 314 g/mol. The molecular formula is C20H30N3S+. The largest absolute Gasteiger partial charge is 0.359 e. The molecule has 1 saturated carbocycles. The summed E-state index contributed by atoms with van der Waals surface area (Å²) in [6, 6.07) is 11.9. The fourth-order valence-electron chi connectivity index (χ4n) is 4.95. The number of piperidine rings is 2. The van der Waals surface area contributed by atoms with Crippen molar-refractivity contribution in [3.8, 4) is 0 Å². The standard InChI is InChI=1S/C20H29N3S/c1-2-14-6-8-15(9-7-14)21-20(24)22-16-12-18-4-3-5-19(13-16)23(18)17-10-11-17/h6-9,16-19H,2-5,10-13H2,1H3,(H2,21,22,24)/p+1/t16?,18-,19+. The van der Waals surface area contributed by atoms with E-state index < -0.39 is 0 Å². The molecule has 1 aromatic rings. The molecule has 2 heterocycles. The molecule has 2 unspecified atom stereocenters. The molecule has 3 aliphatic rings. The maximum absolute atomic E-state index is 5.57. The molecule has 0 spiro atoms. The number of fused-ring (bicyclic) bond motifs is 2. The smallest absolute Gasteiger partial charge is 0.171 e. The first kappa shape index (κ1) is 16.3. The quantitative estimate of drug-likeness (QED) is 0.734. The highest BCUT2D eigenvalue weighted by Gasteiger charge is 2.48. The number of quaternary nitrogens is 1. The van der Waals surface area contributed by atoms with Gasteiger partial charge in [-0.3, -0.25) is 0 Å². The Morgan fingerprint density at radius 2 is 1.71 bits per heavy atom. The van der Waals surface area contributed by atoms with Crippen LogP contribution in [0, 0.1) is 0 Å². The van der Waals surface area contributed by atoms with Crippen LogP contribution in [0.5, 0.6) is 0 Å². The summed E-state index contributed by atoms with van der Waals surface area (Å²) in [5.41, 5.74) is 2.45. The van der Waals surface area contributed by atoms with E-state index in [1.807, 2.05) is 4.90 Å². The molecule has 4 rings (SSSR count). The van der Waals surface area contributed by atoms with Crippen LogP contribution in [0.1, 0.15) is 57.4 Å². The van der Waals surface area contributed by atoms with Crippen LogP contribution < -0.4 is 15.5 Å². The van der Waals surface area contributed by atoms with E-state index >= 15 is 0 Å². The van der Waals surface area contributed by atoms with Crippen LogP contribution in [-0.2, 0) is 6.42 Å². The Hall–Kier alpha value is -1.13. The molecule has 130 valence electrons. The highest BCUT2D eigenvalue weighted by Crippen LogP contribution is 2.27. The summed E-state index contributed by atoms with van der Waals surface area (Å²) in [6.07, 6.45) is 10.9. The van der Waals surface area contributed by atoms with E-state index in [4.69, 9.17) is 12.2 Å². The van der Waals surface area contributed by atoms with E-state index in [9.17, 15) is 0 Å². The van der Waals surface area contributed by atoms with Crippen LogP contribution >= 0.6 is 12.2 Å². The van der Waals surface area contributed by atoms with Gasteiger partial charge in [0.05, 0.1) is 18.1 Å². The predicted octanol–water partition coefficient (Wildman–Crippen LogP) is 2.67. The van der Waals surface area contributed by atoms with E-state index in [0.29, 0.717) is 6.04 Å². The van der Waals surface area contributed by atoms with Crippen LogP contribution in [0.25, 0.3) is 0 Å². The van der Waals surface area contributed by atoms with E-state index in [2.05, 4.69) is 41.8 Å². The van der Waals surface area contributed by atoms with Crippen molar-refractivity contribution in [2.75, 3.05) is 5.32 Å². The minimum atomic E-state index is 0.553. The second-order valence-electron chi connectivity index (χ2n) is 7.92. The van der Waals surface area contributed by atoms with Gasteiger partial charge in [-0.2, -0.15) is 0 Å². The van der Waals surface area contributed by atoms with Gasteiger partial charge in [0.15, 0.2) is 5.11 Å². The molecule has 2 saturated heterocycles. The Kier molecular flexibility index (Phi) is 4.77. The van der Waals surface area contributed by atoms with Crippen LogP contribution in [0.15, 0.2) is 24.3 Å². The fourth-order valence-corrected chi connectivity index (χ4v) is 5.23. The highest BCUT2D eigenvalue weighted by molar-refractivity contribution is 7.80. The monoisotopic (exact) mass is 344 g/mol. The Morgan fingerprint density at radius 3 is 2.29 bits per heavy atom. The molecule has 0 aromatic heterocycles. The Labute approximate surface area is 151 Å². The zero-order valence-corrected chi connectivity index (χ0v) is 15.5. The lowest BCUT2D eigenvalue weighted by atomic mass is 9.81. The third-order valence-electron chi connectivity index (χ3n) is 6.19. The van der Waals surface area contributed by atoms with E-state index in [1.165, 1.54) is 50.5 Å². The molecule has 3 nitrogen and oxygen atoms in total. The number of nitrogens with one attached hydrogen (secondary N) is 3. The van der Waals surface area contributed by atoms with E-state index in [0.717, 1.165) is 35.3 Å². The molecule has 4 atom stereocenters. The van der Waals surface area contributed by atoms with Gasteiger partial charge < -0.3 is 15.5 Å². The number of benzene rings is 1. The van der Waals surface area contributed by atoms with Gasteiger partial charge in [-0.1, -0.05) is 19.1 Å². The summed E-state index contributed by atoms with van der Waals surface area (Å²) < 4.78 is 0. The average molecular weight is 345 g/mol. The third-order valence-corrected chi connectivity index (χ3v) is 6.41. The highest BCUT2D eigenvalue weighted by atomic mass is 32.1. The van der Waals surface area contributed by atoms with Gasteiger partial charge in [0.1, 0.15) is 0 Å². The molecule has 0 amide bonds. The van der Waals surface area contributed by atoms with Gasteiger partial charge in [0.25, 0.3) is 0 Å². The van der Waals surface area contributed by atoms with E-state index in [-0.39, 0.29) is 0 Å². The van der Waals surface area contributed by atoms with Crippen molar-refractivity contribution in [3.63, 3.8) is 0 Å². The van der Waals surface area contributed by atoms with Gasteiger partial charge in [-0.25, -0.2) is 0 Å². The maximum atomic E-state index is 5.57. The molecule has 0 radical (unpaired) electrons. The molecule has 4 heteroatoms. The molecule has 2 bridgehead atoms. The number of rotatable bonds is 4. The van der Waals surface area contributed by atoms with Gasteiger partial charge in [-0.05, 0) is 55.6 Å². The number of aryl methyl sites for hydroxylation is 1. The summed E-state index contributed by atoms with van der Waals surface area (Å²) in [5, 5.41) is 7.77. The van der Waals surface area contributed by atoms with Crippen molar-refractivity contribution in [1.29, 1.82) is 0 Å². The molecule has 2 aliphatic heterocycles. The summed E-state index contributed by atoms with van der Waals surface area (Å²) >= 11 is 5.57. The lowest BCUT2D eigenvalue weighted by molar-refractivity contribution is -0.971. The van der Waals surface area contributed by atoms with Gasteiger partial charge in [-0.15, -0.1) is 0 Å². The Balaban J connectivity index is 1.32. The van der Waals surface area contributed by atoms with E-state index in [1.54, 1.807) is 0 Å². The van der Waals surface area contributed by atoms with Gasteiger partial charge in [0, 0.05) is 37.4 Å². The zero-order valence-electron chi connectivity index (χ0n) is 14.7. The van der Waals surface area contributed by atoms with Crippen LogP contribution in [0.3, 0.4) is 0 Å². The maximum Gasteiger partial charge on any atom is 0.171 e. The fraction of sp³-hybridized carbons (Fsp3) is 0.650. The average Bonchev–Trinajstić information content (AvgIpc) is 3.39. The first-order valence-corrected chi connectivity index (χ1v) is 10.2. The van der Waals surface area contributed by atoms with Crippen LogP contribution in [0.2, 0.25) is 0 Å². The lowest BCUT2D eigenvalue weighted by Crippen LogP contribution is -3.22. The first-order chi connectivity index (χ1) is 11.7. The van der Waals surface area contributed by atoms with Gasteiger partial charge >= 0.3 is 0 Å².